The zero-order chi connectivity index (χ0) is 13.7. The summed E-state index contributed by atoms with van der Waals surface area (Å²) in [6.45, 7) is 2.11. The molecule has 0 amide bonds. The largest absolute Gasteiger partial charge is 0.298 e. The molecule has 0 atom stereocenters. The number of fused-ring (bicyclic) bond motifs is 3. The summed E-state index contributed by atoms with van der Waals surface area (Å²) in [6.07, 6.45) is 1.87. The summed E-state index contributed by atoms with van der Waals surface area (Å²) in [5.74, 6) is 0. The fourth-order valence-electron chi connectivity index (χ4n) is 3.45. The van der Waals surface area contributed by atoms with Gasteiger partial charge in [-0.05, 0) is 51.1 Å². The number of rotatable bonds is 2. The van der Waals surface area contributed by atoms with Crippen molar-refractivity contribution in [3.63, 3.8) is 0 Å². The quantitative estimate of drug-likeness (QED) is 0.469. The smallest absolute Gasteiger partial charge is 0.150 e. The fraction of sp³-hybridized carbons (Fsp3) is 0.105. The molecule has 0 radical (unpaired) electrons. The third kappa shape index (κ3) is 1.30. The SMILES string of the molecule is CCc1c(C=O)cc2c3c(cccc13)-c1ccccc1-2. The zero-order valence-electron chi connectivity index (χ0n) is 11.3. The van der Waals surface area contributed by atoms with Crippen LogP contribution in [0.15, 0.2) is 48.5 Å². The maximum absolute atomic E-state index is 11.4. The molecule has 1 nitrogen and oxygen atoms in total. The molecule has 1 aliphatic rings. The van der Waals surface area contributed by atoms with Crippen LogP contribution in [-0.2, 0) is 6.42 Å². The maximum atomic E-state index is 11.4. The highest BCUT2D eigenvalue weighted by Crippen LogP contribution is 2.48. The number of hydrogen-bond donors (Lipinski definition) is 0. The second-order valence-corrected chi connectivity index (χ2v) is 5.24. The lowest BCUT2D eigenvalue weighted by molar-refractivity contribution is 0.112. The molecule has 0 heterocycles. The number of aryl methyl sites for hydroxylation is 1. The van der Waals surface area contributed by atoms with E-state index in [0.717, 1.165) is 23.8 Å². The molecule has 0 fully saturated rings. The van der Waals surface area contributed by atoms with Crippen LogP contribution in [0.5, 0.6) is 0 Å². The van der Waals surface area contributed by atoms with Gasteiger partial charge in [-0.3, -0.25) is 4.79 Å². The summed E-state index contributed by atoms with van der Waals surface area (Å²) in [5.41, 5.74) is 6.99. The number of aldehydes is 1. The Morgan fingerprint density at radius 3 is 2.30 bits per heavy atom. The fourth-order valence-corrected chi connectivity index (χ4v) is 3.45. The van der Waals surface area contributed by atoms with Crippen molar-refractivity contribution in [1.29, 1.82) is 0 Å². The Hall–Kier alpha value is -2.41. The molecule has 3 aromatic carbocycles. The first kappa shape index (κ1) is 11.4. The minimum Gasteiger partial charge on any atom is -0.298 e. The normalized spacial score (nSPS) is 11.7. The number of hydrogen-bond acceptors (Lipinski definition) is 1. The van der Waals surface area contributed by atoms with E-state index in [-0.39, 0.29) is 0 Å². The van der Waals surface area contributed by atoms with Crippen LogP contribution >= 0.6 is 0 Å². The van der Waals surface area contributed by atoms with Crippen LogP contribution in [0.3, 0.4) is 0 Å². The monoisotopic (exact) mass is 258 g/mol. The van der Waals surface area contributed by atoms with Crippen LogP contribution in [0, 0.1) is 0 Å². The predicted octanol–water partition coefficient (Wildman–Crippen LogP) is 4.86. The molecule has 1 heteroatoms. The lowest BCUT2D eigenvalue weighted by Gasteiger charge is -2.10. The predicted molar refractivity (Wildman–Crippen MR) is 83.1 cm³/mol. The Kier molecular flexibility index (Phi) is 2.31. The van der Waals surface area contributed by atoms with E-state index in [9.17, 15) is 4.79 Å². The lowest BCUT2D eigenvalue weighted by atomic mass is 9.93. The minimum absolute atomic E-state index is 0.823. The first-order valence-corrected chi connectivity index (χ1v) is 6.98. The molecule has 0 bridgehead atoms. The Balaban J connectivity index is 2.25. The summed E-state index contributed by atoms with van der Waals surface area (Å²) < 4.78 is 0. The van der Waals surface area contributed by atoms with Crippen molar-refractivity contribution >= 4 is 17.1 Å². The van der Waals surface area contributed by atoms with Crippen LogP contribution in [-0.4, -0.2) is 6.29 Å². The Labute approximate surface area is 117 Å². The van der Waals surface area contributed by atoms with Gasteiger partial charge in [-0.1, -0.05) is 49.4 Å². The van der Waals surface area contributed by atoms with Gasteiger partial charge >= 0.3 is 0 Å². The zero-order valence-corrected chi connectivity index (χ0v) is 11.3. The molecule has 0 aliphatic heterocycles. The summed E-state index contributed by atoms with van der Waals surface area (Å²) in [6, 6.07) is 16.9. The Morgan fingerprint density at radius 2 is 1.60 bits per heavy atom. The number of carbonyl (C=O) groups excluding carboxylic acids is 1. The molecule has 0 aromatic heterocycles. The van der Waals surface area contributed by atoms with Crippen molar-refractivity contribution in [3.05, 3.63) is 59.7 Å². The van der Waals surface area contributed by atoms with Gasteiger partial charge in [0.25, 0.3) is 0 Å². The topological polar surface area (TPSA) is 17.1 Å². The molecule has 0 saturated heterocycles. The van der Waals surface area contributed by atoms with Gasteiger partial charge in [-0.15, -0.1) is 0 Å². The van der Waals surface area contributed by atoms with E-state index < -0.39 is 0 Å². The summed E-state index contributed by atoms with van der Waals surface area (Å²) >= 11 is 0. The van der Waals surface area contributed by atoms with Crippen molar-refractivity contribution in [2.75, 3.05) is 0 Å². The molecular formula is C19H14O. The minimum atomic E-state index is 0.823. The van der Waals surface area contributed by atoms with Crippen LogP contribution in [0.1, 0.15) is 22.8 Å². The molecule has 1 aliphatic carbocycles. The van der Waals surface area contributed by atoms with Gasteiger partial charge in [-0.2, -0.15) is 0 Å². The highest BCUT2D eigenvalue weighted by molar-refractivity contribution is 6.17. The Morgan fingerprint density at radius 1 is 0.900 bits per heavy atom. The summed E-state index contributed by atoms with van der Waals surface area (Å²) in [7, 11) is 0. The molecule has 96 valence electrons. The van der Waals surface area contributed by atoms with Gasteiger partial charge in [0.15, 0.2) is 0 Å². The molecule has 0 spiro atoms. The van der Waals surface area contributed by atoms with E-state index in [0.29, 0.717) is 0 Å². The van der Waals surface area contributed by atoms with Crippen LogP contribution in [0.25, 0.3) is 33.0 Å². The number of carbonyl (C=O) groups is 1. The van der Waals surface area contributed by atoms with Gasteiger partial charge < -0.3 is 0 Å². The first-order chi connectivity index (χ1) is 9.85. The van der Waals surface area contributed by atoms with Gasteiger partial charge in [-0.25, -0.2) is 0 Å². The molecule has 4 rings (SSSR count). The first-order valence-electron chi connectivity index (χ1n) is 6.98. The van der Waals surface area contributed by atoms with Gasteiger partial charge in [0.2, 0.25) is 0 Å². The van der Waals surface area contributed by atoms with E-state index in [1.165, 1.54) is 33.0 Å². The Bertz CT molecular complexity index is 859. The highest BCUT2D eigenvalue weighted by atomic mass is 16.1. The van der Waals surface area contributed by atoms with E-state index in [4.69, 9.17) is 0 Å². The summed E-state index contributed by atoms with van der Waals surface area (Å²) in [5, 5.41) is 2.52. The third-order valence-electron chi connectivity index (χ3n) is 4.30. The number of benzene rings is 3. The molecule has 0 saturated carbocycles. The molecule has 3 aromatic rings. The second-order valence-electron chi connectivity index (χ2n) is 5.24. The van der Waals surface area contributed by atoms with Gasteiger partial charge in [0.1, 0.15) is 6.29 Å². The van der Waals surface area contributed by atoms with Crippen LogP contribution < -0.4 is 0 Å². The van der Waals surface area contributed by atoms with Crippen LogP contribution in [0.2, 0.25) is 0 Å². The van der Waals surface area contributed by atoms with Gasteiger partial charge in [0, 0.05) is 5.56 Å². The van der Waals surface area contributed by atoms with E-state index >= 15 is 0 Å². The molecule has 0 N–H and O–H groups in total. The second kappa shape index (κ2) is 4.04. The van der Waals surface area contributed by atoms with Gasteiger partial charge in [0.05, 0.1) is 0 Å². The van der Waals surface area contributed by atoms with Crippen molar-refractivity contribution in [2.45, 2.75) is 13.3 Å². The van der Waals surface area contributed by atoms with E-state index in [1.54, 1.807) is 0 Å². The van der Waals surface area contributed by atoms with Crippen molar-refractivity contribution < 1.29 is 4.79 Å². The lowest BCUT2D eigenvalue weighted by Crippen LogP contribution is -1.93. The standard InChI is InChI=1S/C19H14O/c1-2-13-12(11-20)10-18-15-7-4-3-6-14(15)17-9-5-8-16(13)19(17)18/h3-11H,2H2,1H3. The highest BCUT2D eigenvalue weighted by Gasteiger charge is 2.23. The van der Waals surface area contributed by atoms with Crippen LogP contribution in [0.4, 0.5) is 0 Å². The van der Waals surface area contributed by atoms with Crippen molar-refractivity contribution in [2.24, 2.45) is 0 Å². The van der Waals surface area contributed by atoms with Crippen molar-refractivity contribution in [3.8, 4) is 22.3 Å². The molecular weight excluding hydrogens is 244 g/mol. The van der Waals surface area contributed by atoms with E-state index in [2.05, 4.69) is 55.5 Å². The third-order valence-corrected chi connectivity index (χ3v) is 4.30. The average Bonchev–Trinajstić information content (AvgIpc) is 2.83. The van der Waals surface area contributed by atoms with Crippen molar-refractivity contribution in [1.82, 2.24) is 0 Å². The van der Waals surface area contributed by atoms with E-state index in [1.807, 2.05) is 0 Å². The molecule has 20 heavy (non-hydrogen) atoms. The average molecular weight is 258 g/mol. The maximum Gasteiger partial charge on any atom is 0.150 e. The summed E-state index contributed by atoms with van der Waals surface area (Å²) in [4.78, 5) is 11.4. The molecule has 0 unspecified atom stereocenters.